The lowest BCUT2D eigenvalue weighted by atomic mass is 9.98. The second kappa shape index (κ2) is 5.90. The molecular weight excluding hydrogens is 240 g/mol. The summed E-state index contributed by atoms with van der Waals surface area (Å²) in [4.78, 5) is 2.48. The molecule has 3 rings (SSSR count). The van der Waals surface area contributed by atoms with Crippen LogP contribution in [0.3, 0.4) is 0 Å². The molecule has 2 N–H and O–H groups in total. The summed E-state index contributed by atoms with van der Waals surface area (Å²) in [6, 6.07) is 6.85. The molecule has 1 fully saturated rings. The Morgan fingerprint density at radius 3 is 2.95 bits per heavy atom. The molecule has 1 aromatic carbocycles. The molecule has 4 nitrogen and oxygen atoms in total. The predicted molar refractivity (Wildman–Crippen MR) is 74.5 cm³/mol. The van der Waals surface area contributed by atoms with Crippen LogP contribution in [0.1, 0.15) is 23.6 Å². The zero-order valence-electron chi connectivity index (χ0n) is 11.3. The van der Waals surface area contributed by atoms with Crippen molar-refractivity contribution in [1.82, 2.24) is 10.2 Å². The van der Waals surface area contributed by atoms with Gasteiger partial charge in [0, 0.05) is 45.2 Å². The molecule has 1 saturated heterocycles. The smallest absolute Gasteiger partial charge is 0.122 e. The number of benzene rings is 1. The van der Waals surface area contributed by atoms with Crippen LogP contribution in [0.2, 0.25) is 0 Å². The minimum absolute atomic E-state index is 0.238. The van der Waals surface area contributed by atoms with Crippen LogP contribution in [0.25, 0.3) is 0 Å². The Morgan fingerprint density at radius 1 is 1.32 bits per heavy atom. The van der Waals surface area contributed by atoms with Gasteiger partial charge in [-0.15, -0.1) is 0 Å². The van der Waals surface area contributed by atoms with Gasteiger partial charge in [0.2, 0.25) is 0 Å². The van der Waals surface area contributed by atoms with Gasteiger partial charge < -0.3 is 15.2 Å². The van der Waals surface area contributed by atoms with Gasteiger partial charge in [0.1, 0.15) is 5.75 Å². The molecule has 2 heterocycles. The molecule has 1 aromatic rings. The summed E-state index contributed by atoms with van der Waals surface area (Å²) >= 11 is 0. The SMILES string of the molecule is OCC[C@H](c1ccc2c(c1)CCO2)N1CCNCC1. The number of hydrogen-bond donors (Lipinski definition) is 2. The molecule has 19 heavy (non-hydrogen) atoms. The van der Waals surface area contributed by atoms with E-state index in [1.807, 2.05) is 0 Å². The molecule has 4 heteroatoms. The monoisotopic (exact) mass is 262 g/mol. The number of nitrogens with one attached hydrogen (secondary N) is 1. The minimum atomic E-state index is 0.238. The number of aliphatic hydroxyl groups excluding tert-OH is 1. The first-order valence-corrected chi connectivity index (χ1v) is 7.20. The van der Waals surface area contributed by atoms with E-state index in [9.17, 15) is 5.11 Å². The third-order valence-corrected chi connectivity index (χ3v) is 4.09. The van der Waals surface area contributed by atoms with Crippen molar-refractivity contribution in [2.75, 3.05) is 39.4 Å². The lowest BCUT2D eigenvalue weighted by Crippen LogP contribution is -2.45. The van der Waals surface area contributed by atoms with Gasteiger partial charge in [-0.3, -0.25) is 4.90 Å². The Labute approximate surface area is 114 Å². The van der Waals surface area contributed by atoms with Crippen LogP contribution in [0.5, 0.6) is 5.75 Å². The number of aliphatic hydroxyl groups is 1. The molecule has 0 amide bonds. The number of rotatable bonds is 4. The van der Waals surface area contributed by atoms with Crippen molar-refractivity contribution in [2.24, 2.45) is 0 Å². The van der Waals surface area contributed by atoms with Gasteiger partial charge in [0.05, 0.1) is 6.61 Å². The van der Waals surface area contributed by atoms with E-state index in [0.29, 0.717) is 6.04 Å². The van der Waals surface area contributed by atoms with Gasteiger partial charge in [-0.2, -0.15) is 0 Å². The molecule has 2 aliphatic heterocycles. The van der Waals surface area contributed by atoms with Crippen molar-refractivity contribution < 1.29 is 9.84 Å². The first kappa shape index (κ1) is 12.9. The predicted octanol–water partition coefficient (Wildman–Crippen LogP) is 0.950. The van der Waals surface area contributed by atoms with Crippen LogP contribution >= 0.6 is 0 Å². The van der Waals surface area contributed by atoms with Gasteiger partial charge in [-0.25, -0.2) is 0 Å². The quantitative estimate of drug-likeness (QED) is 0.848. The van der Waals surface area contributed by atoms with Gasteiger partial charge in [0.25, 0.3) is 0 Å². The van der Waals surface area contributed by atoms with Crippen molar-refractivity contribution in [3.63, 3.8) is 0 Å². The highest BCUT2D eigenvalue weighted by molar-refractivity contribution is 5.40. The normalized spacial score (nSPS) is 20.9. The van der Waals surface area contributed by atoms with Crippen LogP contribution in [-0.4, -0.2) is 49.4 Å². The number of hydrogen-bond acceptors (Lipinski definition) is 4. The molecule has 2 aliphatic rings. The average Bonchev–Trinajstić information content (AvgIpc) is 2.93. The average molecular weight is 262 g/mol. The fourth-order valence-corrected chi connectivity index (χ4v) is 3.09. The van der Waals surface area contributed by atoms with E-state index >= 15 is 0 Å². The summed E-state index contributed by atoms with van der Waals surface area (Å²) in [5, 5.41) is 12.7. The van der Waals surface area contributed by atoms with Crippen molar-refractivity contribution >= 4 is 0 Å². The van der Waals surface area contributed by atoms with Crippen molar-refractivity contribution in [3.8, 4) is 5.75 Å². The largest absolute Gasteiger partial charge is 0.493 e. The van der Waals surface area contributed by atoms with Gasteiger partial charge >= 0.3 is 0 Å². The summed E-state index contributed by atoms with van der Waals surface area (Å²) in [5.41, 5.74) is 2.63. The first-order chi connectivity index (χ1) is 9.38. The van der Waals surface area contributed by atoms with Crippen LogP contribution in [0.4, 0.5) is 0 Å². The van der Waals surface area contributed by atoms with Gasteiger partial charge in [-0.05, 0) is 23.6 Å². The molecule has 0 bridgehead atoms. The number of piperazine rings is 1. The second-order valence-electron chi connectivity index (χ2n) is 5.28. The highest BCUT2D eigenvalue weighted by Crippen LogP contribution is 2.31. The molecule has 0 unspecified atom stereocenters. The summed E-state index contributed by atoms with van der Waals surface area (Å²) in [7, 11) is 0. The molecule has 0 radical (unpaired) electrons. The van der Waals surface area contributed by atoms with Gasteiger partial charge in [0.15, 0.2) is 0 Å². The molecule has 0 aromatic heterocycles. The number of fused-ring (bicyclic) bond motifs is 1. The maximum Gasteiger partial charge on any atom is 0.122 e. The molecule has 0 saturated carbocycles. The number of nitrogens with zero attached hydrogens (tertiary/aromatic N) is 1. The van der Waals surface area contributed by atoms with E-state index in [0.717, 1.165) is 51.4 Å². The maximum atomic E-state index is 9.36. The first-order valence-electron chi connectivity index (χ1n) is 7.20. The Morgan fingerprint density at radius 2 is 2.16 bits per heavy atom. The topological polar surface area (TPSA) is 44.7 Å². The molecule has 0 aliphatic carbocycles. The van der Waals surface area contributed by atoms with Crippen LogP contribution < -0.4 is 10.1 Å². The molecular formula is C15H22N2O2. The van der Waals surface area contributed by atoms with Crippen LogP contribution in [0.15, 0.2) is 18.2 Å². The Bertz CT molecular complexity index is 430. The van der Waals surface area contributed by atoms with E-state index in [2.05, 4.69) is 28.4 Å². The molecule has 1 atom stereocenters. The Kier molecular flexibility index (Phi) is 4.01. The zero-order valence-corrected chi connectivity index (χ0v) is 11.3. The lowest BCUT2D eigenvalue weighted by Gasteiger charge is -2.35. The summed E-state index contributed by atoms with van der Waals surface area (Å²) in [6.45, 7) is 5.22. The summed E-state index contributed by atoms with van der Waals surface area (Å²) < 4.78 is 5.57. The Balaban J connectivity index is 1.82. The highest BCUT2D eigenvalue weighted by atomic mass is 16.5. The van der Waals surface area contributed by atoms with E-state index in [1.165, 1.54) is 11.1 Å². The lowest BCUT2D eigenvalue weighted by molar-refractivity contribution is 0.141. The molecule has 104 valence electrons. The fraction of sp³-hybridized carbons (Fsp3) is 0.600. The van der Waals surface area contributed by atoms with E-state index in [1.54, 1.807) is 0 Å². The standard InChI is InChI=1S/C15H22N2O2/c18-9-3-14(17-7-5-16-6-8-17)12-1-2-15-13(11-12)4-10-19-15/h1-2,11,14,16,18H,3-10H2/t14-/m1/s1. The third-order valence-electron chi connectivity index (χ3n) is 4.09. The zero-order chi connectivity index (χ0) is 13.1. The van der Waals surface area contributed by atoms with Crippen molar-refractivity contribution in [1.29, 1.82) is 0 Å². The van der Waals surface area contributed by atoms with Gasteiger partial charge in [-0.1, -0.05) is 12.1 Å². The van der Waals surface area contributed by atoms with Crippen LogP contribution in [0, 0.1) is 0 Å². The highest BCUT2D eigenvalue weighted by Gasteiger charge is 2.23. The second-order valence-corrected chi connectivity index (χ2v) is 5.28. The third kappa shape index (κ3) is 2.76. The molecule has 0 spiro atoms. The van der Waals surface area contributed by atoms with Crippen molar-refractivity contribution in [2.45, 2.75) is 18.9 Å². The Hall–Kier alpha value is -1.10. The fourth-order valence-electron chi connectivity index (χ4n) is 3.09. The summed E-state index contributed by atoms with van der Waals surface area (Å²) in [5.74, 6) is 1.03. The van der Waals surface area contributed by atoms with Crippen LogP contribution in [-0.2, 0) is 6.42 Å². The van der Waals surface area contributed by atoms with E-state index < -0.39 is 0 Å². The minimum Gasteiger partial charge on any atom is -0.493 e. The maximum absolute atomic E-state index is 9.36. The van der Waals surface area contributed by atoms with E-state index in [4.69, 9.17) is 4.74 Å². The summed E-state index contributed by atoms with van der Waals surface area (Å²) in [6.07, 6.45) is 1.82. The van der Waals surface area contributed by atoms with Crippen molar-refractivity contribution in [3.05, 3.63) is 29.3 Å². The van der Waals surface area contributed by atoms with E-state index in [-0.39, 0.29) is 6.61 Å². The number of ether oxygens (including phenoxy) is 1.